The summed E-state index contributed by atoms with van der Waals surface area (Å²) in [6.07, 6.45) is -0.0226. The first-order chi connectivity index (χ1) is 9.15. The van der Waals surface area contributed by atoms with Crippen LogP contribution in [0.1, 0.15) is 33.3 Å². The number of ether oxygens (including phenoxy) is 1. The summed E-state index contributed by atoms with van der Waals surface area (Å²) in [5, 5.41) is 12.3. The van der Waals surface area contributed by atoms with Crippen molar-refractivity contribution in [2.75, 3.05) is 6.61 Å². The molecule has 0 spiro atoms. The highest BCUT2D eigenvalue weighted by Crippen LogP contribution is 2.22. The summed E-state index contributed by atoms with van der Waals surface area (Å²) in [6.45, 7) is 7.02. The fourth-order valence-corrected chi connectivity index (χ4v) is 2.18. The maximum atomic E-state index is 11.9. The molecule has 0 aromatic heterocycles. The van der Waals surface area contributed by atoms with Crippen molar-refractivity contribution in [1.29, 1.82) is 0 Å². The summed E-state index contributed by atoms with van der Waals surface area (Å²) in [5.74, 6) is 0. The molecule has 4 nitrogen and oxygen atoms in total. The number of halogens is 1. The predicted octanol–water partition coefficient (Wildman–Crippen LogP) is 3.27. The van der Waals surface area contributed by atoms with Crippen LogP contribution in [0.4, 0.5) is 4.79 Å². The molecule has 1 aromatic rings. The van der Waals surface area contributed by atoms with Gasteiger partial charge in [-0.2, -0.15) is 0 Å². The van der Waals surface area contributed by atoms with Gasteiger partial charge in [0.1, 0.15) is 5.60 Å². The highest BCUT2D eigenvalue weighted by atomic mass is 79.9. The van der Waals surface area contributed by atoms with Crippen LogP contribution in [0, 0.1) is 0 Å². The standard InChI is InChI=1S/C15H22BrNO3/c1-14(2,3)20-13(19)17-15(4,10-18)9-11-7-5-6-8-12(11)16/h5-8,18H,9-10H2,1-4H3,(H,17,19). The SMILES string of the molecule is CC(CO)(Cc1ccccc1Br)NC(=O)OC(C)(C)C. The first kappa shape index (κ1) is 17.0. The summed E-state index contributed by atoms with van der Waals surface area (Å²) < 4.78 is 6.18. The molecular weight excluding hydrogens is 322 g/mol. The minimum Gasteiger partial charge on any atom is -0.444 e. The van der Waals surface area contributed by atoms with Crippen molar-refractivity contribution in [2.45, 2.75) is 45.3 Å². The van der Waals surface area contributed by atoms with Crippen LogP contribution in [0.5, 0.6) is 0 Å². The number of aliphatic hydroxyl groups excluding tert-OH is 1. The molecule has 0 fully saturated rings. The first-order valence-corrected chi connectivity index (χ1v) is 7.30. The number of hydrogen-bond donors (Lipinski definition) is 2. The molecule has 112 valence electrons. The van der Waals surface area contributed by atoms with E-state index < -0.39 is 17.2 Å². The minimum absolute atomic E-state index is 0.173. The molecule has 0 bridgehead atoms. The van der Waals surface area contributed by atoms with Crippen molar-refractivity contribution in [3.05, 3.63) is 34.3 Å². The Morgan fingerprint density at radius 3 is 2.40 bits per heavy atom. The van der Waals surface area contributed by atoms with E-state index in [9.17, 15) is 9.90 Å². The molecule has 1 rings (SSSR count). The van der Waals surface area contributed by atoms with E-state index in [0.29, 0.717) is 6.42 Å². The normalized spacial score (nSPS) is 14.5. The Bertz CT molecular complexity index is 470. The molecule has 1 amide bonds. The maximum absolute atomic E-state index is 11.9. The molecule has 0 radical (unpaired) electrons. The largest absolute Gasteiger partial charge is 0.444 e. The van der Waals surface area contributed by atoms with Crippen molar-refractivity contribution >= 4 is 22.0 Å². The summed E-state index contributed by atoms with van der Waals surface area (Å²) in [5.41, 5.74) is -0.319. The highest BCUT2D eigenvalue weighted by Gasteiger charge is 2.29. The Morgan fingerprint density at radius 2 is 1.90 bits per heavy atom. The number of hydrogen-bond acceptors (Lipinski definition) is 3. The number of carbonyl (C=O) groups is 1. The summed E-state index contributed by atoms with van der Waals surface area (Å²) >= 11 is 3.47. The van der Waals surface area contributed by atoms with E-state index in [2.05, 4.69) is 21.2 Å². The molecule has 0 saturated heterocycles. The average Bonchev–Trinajstić information content (AvgIpc) is 2.29. The van der Waals surface area contributed by atoms with Crippen LogP contribution in [-0.4, -0.2) is 28.9 Å². The quantitative estimate of drug-likeness (QED) is 0.881. The van der Waals surface area contributed by atoms with Gasteiger partial charge in [-0.1, -0.05) is 34.1 Å². The van der Waals surface area contributed by atoms with E-state index in [1.807, 2.05) is 24.3 Å². The minimum atomic E-state index is -0.772. The number of carbonyl (C=O) groups excluding carboxylic acids is 1. The molecule has 1 aromatic carbocycles. The molecule has 0 aliphatic carbocycles. The zero-order valence-corrected chi connectivity index (χ0v) is 14.0. The molecular formula is C15H22BrNO3. The molecule has 0 aliphatic rings. The lowest BCUT2D eigenvalue weighted by Gasteiger charge is -2.30. The van der Waals surface area contributed by atoms with E-state index in [-0.39, 0.29) is 6.61 Å². The van der Waals surface area contributed by atoms with Crippen LogP contribution in [0.2, 0.25) is 0 Å². The van der Waals surface area contributed by atoms with Gasteiger partial charge in [0, 0.05) is 4.47 Å². The van der Waals surface area contributed by atoms with Crippen LogP contribution in [0.3, 0.4) is 0 Å². The summed E-state index contributed by atoms with van der Waals surface area (Å²) in [4.78, 5) is 11.9. The lowest BCUT2D eigenvalue weighted by molar-refractivity contribution is 0.0415. The van der Waals surface area contributed by atoms with Crippen molar-refractivity contribution in [3.8, 4) is 0 Å². The molecule has 1 unspecified atom stereocenters. The number of benzene rings is 1. The van der Waals surface area contributed by atoms with E-state index in [4.69, 9.17) is 4.74 Å². The van der Waals surface area contributed by atoms with Gasteiger partial charge >= 0.3 is 6.09 Å². The lowest BCUT2D eigenvalue weighted by atomic mass is 9.94. The number of nitrogens with one attached hydrogen (secondary N) is 1. The Balaban J connectivity index is 2.77. The number of amides is 1. The second-order valence-corrected chi connectivity index (χ2v) is 6.97. The van der Waals surface area contributed by atoms with Crippen LogP contribution < -0.4 is 5.32 Å². The van der Waals surface area contributed by atoms with Crippen LogP contribution in [0.25, 0.3) is 0 Å². The van der Waals surface area contributed by atoms with Crippen molar-refractivity contribution < 1.29 is 14.6 Å². The average molecular weight is 344 g/mol. The Labute approximate surface area is 128 Å². The van der Waals surface area contributed by atoms with Gasteiger partial charge in [-0.25, -0.2) is 4.79 Å². The third-order valence-corrected chi connectivity index (χ3v) is 3.46. The smallest absolute Gasteiger partial charge is 0.408 e. The zero-order chi connectivity index (χ0) is 15.4. The summed E-state index contributed by atoms with van der Waals surface area (Å²) in [6, 6.07) is 7.73. The number of aliphatic hydroxyl groups is 1. The maximum Gasteiger partial charge on any atom is 0.408 e. The van der Waals surface area contributed by atoms with Crippen LogP contribution >= 0.6 is 15.9 Å². The predicted molar refractivity (Wildman–Crippen MR) is 82.7 cm³/mol. The Kier molecular flexibility index (Phi) is 5.59. The van der Waals surface area contributed by atoms with Crippen LogP contribution in [-0.2, 0) is 11.2 Å². The topological polar surface area (TPSA) is 58.6 Å². The van der Waals surface area contributed by atoms with Crippen molar-refractivity contribution in [3.63, 3.8) is 0 Å². The number of rotatable bonds is 4. The van der Waals surface area contributed by atoms with Gasteiger partial charge in [0.25, 0.3) is 0 Å². The lowest BCUT2D eigenvalue weighted by Crippen LogP contribution is -2.52. The van der Waals surface area contributed by atoms with E-state index >= 15 is 0 Å². The van der Waals surface area contributed by atoms with Gasteiger partial charge in [-0.15, -0.1) is 0 Å². The second-order valence-electron chi connectivity index (χ2n) is 6.11. The van der Waals surface area contributed by atoms with Gasteiger partial charge < -0.3 is 15.2 Å². The fraction of sp³-hybridized carbons (Fsp3) is 0.533. The summed E-state index contributed by atoms with van der Waals surface area (Å²) in [7, 11) is 0. The first-order valence-electron chi connectivity index (χ1n) is 6.51. The van der Waals surface area contributed by atoms with Gasteiger partial charge in [-0.05, 0) is 45.7 Å². The third kappa shape index (κ3) is 5.51. The van der Waals surface area contributed by atoms with Gasteiger partial charge in [0.2, 0.25) is 0 Å². The van der Waals surface area contributed by atoms with Gasteiger partial charge in [0.05, 0.1) is 12.1 Å². The molecule has 5 heteroatoms. The van der Waals surface area contributed by atoms with Crippen molar-refractivity contribution in [2.24, 2.45) is 0 Å². The van der Waals surface area contributed by atoms with Gasteiger partial charge in [0.15, 0.2) is 0 Å². The van der Waals surface area contributed by atoms with E-state index in [1.54, 1.807) is 27.7 Å². The molecule has 0 heterocycles. The Hall–Kier alpha value is -1.07. The zero-order valence-electron chi connectivity index (χ0n) is 12.4. The third-order valence-electron chi connectivity index (χ3n) is 2.69. The fourth-order valence-electron chi connectivity index (χ4n) is 1.75. The molecule has 1 atom stereocenters. The number of alkyl carbamates (subject to hydrolysis) is 1. The second kappa shape index (κ2) is 6.59. The van der Waals surface area contributed by atoms with Crippen LogP contribution in [0.15, 0.2) is 28.7 Å². The molecule has 0 aliphatic heterocycles. The van der Waals surface area contributed by atoms with E-state index in [1.165, 1.54) is 0 Å². The molecule has 0 saturated carbocycles. The Morgan fingerprint density at radius 1 is 1.30 bits per heavy atom. The molecule has 2 N–H and O–H groups in total. The highest BCUT2D eigenvalue weighted by molar-refractivity contribution is 9.10. The monoisotopic (exact) mass is 343 g/mol. The molecule has 20 heavy (non-hydrogen) atoms. The van der Waals surface area contributed by atoms with E-state index in [0.717, 1.165) is 10.0 Å². The van der Waals surface area contributed by atoms with Gasteiger partial charge in [-0.3, -0.25) is 0 Å². The van der Waals surface area contributed by atoms with Crippen molar-refractivity contribution in [1.82, 2.24) is 5.32 Å².